The van der Waals surface area contributed by atoms with Gasteiger partial charge in [-0.1, -0.05) is 11.6 Å². The molecule has 1 amide bonds. The lowest BCUT2D eigenvalue weighted by atomic mass is 9.74. The molecule has 0 saturated carbocycles. The molecule has 2 aliphatic rings. The van der Waals surface area contributed by atoms with Crippen LogP contribution >= 0.6 is 11.6 Å². The number of likely N-dealkylation sites (N-methyl/N-ethyl adjacent to an activating group) is 1. The molecule has 12 nitrogen and oxygen atoms in total. The summed E-state index contributed by atoms with van der Waals surface area (Å²) in [7, 11) is 5.61. The fraction of sp³-hybridized carbons (Fsp3) is 0.484. The predicted molar refractivity (Wildman–Crippen MR) is 163 cm³/mol. The molecule has 1 saturated heterocycles. The highest BCUT2D eigenvalue weighted by Crippen LogP contribution is 2.46. The Balaban J connectivity index is 0.000000360. The number of aliphatic hydroxyl groups is 1. The van der Waals surface area contributed by atoms with Crippen LogP contribution in [0.15, 0.2) is 36.4 Å². The van der Waals surface area contributed by atoms with E-state index in [0.29, 0.717) is 18.0 Å². The van der Waals surface area contributed by atoms with Crippen molar-refractivity contribution in [2.75, 3.05) is 52.2 Å². The number of benzene rings is 2. The van der Waals surface area contributed by atoms with Crippen molar-refractivity contribution in [3.63, 3.8) is 0 Å². The number of aliphatic carboxylic acids is 3. The number of rotatable bonds is 10. The third-order valence-electron chi connectivity index (χ3n) is 8.34. The number of hydrogen-bond acceptors (Lipinski definition) is 8. The maximum absolute atomic E-state index is 14.0. The van der Waals surface area contributed by atoms with Crippen LogP contribution in [0.25, 0.3) is 0 Å². The third kappa shape index (κ3) is 8.83. The second kappa shape index (κ2) is 14.4. The lowest BCUT2D eigenvalue weighted by Gasteiger charge is -2.41. The molecule has 2 aliphatic heterocycles. The average Bonchev–Trinajstić information content (AvgIpc) is 3.20. The fourth-order valence-corrected chi connectivity index (χ4v) is 6.28. The number of carboxylic acids is 3. The van der Waals surface area contributed by atoms with Crippen LogP contribution in [0.2, 0.25) is 5.02 Å². The molecule has 0 aromatic heterocycles. The van der Waals surface area contributed by atoms with E-state index >= 15 is 0 Å². The normalized spacial score (nSPS) is 16.4. The smallest absolute Gasteiger partial charge is 0.336 e. The van der Waals surface area contributed by atoms with E-state index in [-0.39, 0.29) is 28.8 Å². The second-order valence-corrected chi connectivity index (χ2v) is 12.4. The molecule has 1 atom stereocenters. The summed E-state index contributed by atoms with van der Waals surface area (Å²) in [5.74, 6) is -5.25. The number of aromatic hydroxyl groups is 1. The topological polar surface area (TPSA) is 179 Å². The number of phenols is 1. The van der Waals surface area contributed by atoms with Crippen LogP contribution in [0.5, 0.6) is 5.75 Å². The van der Waals surface area contributed by atoms with Gasteiger partial charge in [0.2, 0.25) is 5.91 Å². The van der Waals surface area contributed by atoms with E-state index in [1.54, 1.807) is 43.3 Å². The molecule has 246 valence electrons. The number of amides is 1. The van der Waals surface area contributed by atoms with Gasteiger partial charge >= 0.3 is 17.9 Å². The van der Waals surface area contributed by atoms with Crippen molar-refractivity contribution < 1.29 is 49.1 Å². The minimum absolute atomic E-state index is 0.0295. The average molecular weight is 652 g/mol. The number of carbonyl (C=O) groups is 4. The van der Waals surface area contributed by atoms with Crippen molar-refractivity contribution >= 4 is 41.1 Å². The fourth-order valence-electron chi connectivity index (χ4n) is 6.09. The zero-order chi connectivity index (χ0) is 33.7. The highest BCUT2D eigenvalue weighted by molar-refractivity contribution is 6.31. The number of likely N-dealkylation sites (tertiary alicyclic amines) is 1. The molecule has 1 unspecified atom stereocenters. The molecule has 2 heterocycles. The standard InChI is InChI=1S/C25H31ClFN3O2.C6H8O7/c1-28(2)24(32)18(12-17-13-20(31)5-6-22(17)26)15-30-10-8-25(9-11-30)16-29(3)23-7-4-19(27)14-21(23)25;7-3(8)1-6(13,5(11)12)2-4(9)10/h4-7,13-14,18,31H,8-12,15-16H2,1-3H3;13H,1-2H2,(H,7,8)(H,9,10)(H,11,12). The zero-order valence-electron chi connectivity index (χ0n) is 25.4. The number of anilines is 1. The summed E-state index contributed by atoms with van der Waals surface area (Å²) in [4.78, 5) is 49.6. The number of fused-ring (bicyclic) bond motifs is 2. The van der Waals surface area contributed by atoms with Gasteiger partial charge in [-0.15, -0.1) is 0 Å². The molecule has 1 spiro atoms. The summed E-state index contributed by atoms with van der Waals surface area (Å²) < 4.78 is 14.0. The number of piperidine rings is 1. The first-order chi connectivity index (χ1) is 21.0. The highest BCUT2D eigenvalue weighted by Gasteiger charge is 2.44. The quantitative estimate of drug-likeness (QED) is 0.255. The van der Waals surface area contributed by atoms with Crippen molar-refractivity contribution in [3.05, 3.63) is 58.4 Å². The van der Waals surface area contributed by atoms with Crippen molar-refractivity contribution in [1.29, 1.82) is 0 Å². The lowest BCUT2D eigenvalue weighted by molar-refractivity contribution is -0.170. The Kier molecular flexibility index (Phi) is 11.4. The van der Waals surface area contributed by atoms with Crippen LogP contribution in [0.1, 0.15) is 36.8 Å². The van der Waals surface area contributed by atoms with Crippen LogP contribution in [-0.2, 0) is 31.0 Å². The molecule has 14 heteroatoms. The summed E-state index contributed by atoms with van der Waals surface area (Å²) in [5.41, 5.74) is 0.254. The second-order valence-electron chi connectivity index (χ2n) is 12.0. The summed E-state index contributed by atoms with van der Waals surface area (Å²) >= 11 is 6.34. The molecular weight excluding hydrogens is 613 g/mol. The van der Waals surface area contributed by atoms with Gasteiger partial charge in [0.05, 0.1) is 18.8 Å². The van der Waals surface area contributed by atoms with Crippen LogP contribution in [0.4, 0.5) is 10.1 Å². The molecule has 4 rings (SSSR count). The van der Waals surface area contributed by atoms with Crippen molar-refractivity contribution in [2.24, 2.45) is 5.92 Å². The molecular formula is C31H39ClFN3O9. The van der Waals surface area contributed by atoms with Crippen LogP contribution in [0.3, 0.4) is 0 Å². The van der Waals surface area contributed by atoms with Gasteiger partial charge in [-0.05, 0) is 79.9 Å². The predicted octanol–water partition coefficient (Wildman–Crippen LogP) is 2.67. The monoisotopic (exact) mass is 651 g/mol. The number of nitrogens with zero attached hydrogens (tertiary/aromatic N) is 3. The first-order valence-corrected chi connectivity index (χ1v) is 14.7. The number of phenolic OH excluding ortho intramolecular Hbond substituents is 1. The molecule has 45 heavy (non-hydrogen) atoms. The Bertz CT molecular complexity index is 1410. The maximum atomic E-state index is 14.0. The highest BCUT2D eigenvalue weighted by atomic mass is 35.5. The van der Waals surface area contributed by atoms with Gasteiger partial charge < -0.3 is 40.2 Å². The van der Waals surface area contributed by atoms with Crippen LogP contribution in [-0.4, -0.2) is 112 Å². The van der Waals surface area contributed by atoms with Crippen LogP contribution < -0.4 is 4.90 Å². The minimum atomic E-state index is -2.74. The number of carbonyl (C=O) groups excluding carboxylic acids is 1. The summed E-state index contributed by atoms with van der Waals surface area (Å²) in [6, 6.07) is 9.99. The Labute approximate surface area is 265 Å². The van der Waals surface area contributed by atoms with Gasteiger partial charge in [-0.2, -0.15) is 0 Å². The summed E-state index contributed by atoms with van der Waals surface area (Å²) in [6.45, 7) is 3.24. The van der Waals surface area contributed by atoms with E-state index in [9.17, 15) is 28.7 Å². The third-order valence-corrected chi connectivity index (χ3v) is 8.71. The first-order valence-electron chi connectivity index (χ1n) is 14.3. The number of hydrogen-bond donors (Lipinski definition) is 5. The van der Waals surface area contributed by atoms with Gasteiger partial charge in [0, 0.05) is 50.4 Å². The van der Waals surface area contributed by atoms with Gasteiger partial charge in [-0.3, -0.25) is 14.4 Å². The van der Waals surface area contributed by atoms with Gasteiger partial charge in [-0.25, -0.2) is 9.18 Å². The molecule has 1 fully saturated rings. The van der Waals surface area contributed by atoms with Gasteiger partial charge in [0.15, 0.2) is 5.60 Å². The SMILES string of the molecule is CN(C)C(=O)C(Cc1cc(O)ccc1Cl)CN1CCC2(CC1)CN(C)c1ccc(F)cc12.O=C(O)CC(O)(CC(=O)O)C(=O)O. The zero-order valence-corrected chi connectivity index (χ0v) is 26.1. The number of halogens is 2. The molecule has 0 bridgehead atoms. The van der Waals surface area contributed by atoms with E-state index in [1.807, 2.05) is 6.07 Å². The van der Waals surface area contributed by atoms with Crippen molar-refractivity contribution in [3.8, 4) is 5.75 Å². The molecule has 5 N–H and O–H groups in total. The van der Waals surface area contributed by atoms with E-state index in [4.69, 9.17) is 32.0 Å². The number of carboxylic acid groups (broad SMARTS) is 3. The maximum Gasteiger partial charge on any atom is 0.336 e. The Morgan fingerprint density at radius 2 is 1.62 bits per heavy atom. The van der Waals surface area contributed by atoms with E-state index in [0.717, 1.165) is 49.3 Å². The Morgan fingerprint density at radius 1 is 1.02 bits per heavy atom. The molecule has 0 radical (unpaired) electrons. The lowest BCUT2D eigenvalue weighted by Crippen LogP contribution is -2.48. The first kappa shape index (κ1) is 35.5. The molecule has 2 aromatic rings. The van der Waals surface area contributed by atoms with Crippen molar-refractivity contribution in [2.45, 2.75) is 43.1 Å². The Hall–Kier alpha value is -3.94. The van der Waals surface area contributed by atoms with Gasteiger partial charge in [0.1, 0.15) is 11.6 Å². The van der Waals surface area contributed by atoms with E-state index < -0.39 is 36.4 Å². The minimum Gasteiger partial charge on any atom is -0.508 e. The van der Waals surface area contributed by atoms with Crippen molar-refractivity contribution in [1.82, 2.24) is 9.80 Å². The van der Waals surface area contributed by atoms with Gasteiger partial charge in [0.25, 0.3) is 0 Å². The van der Waals surface area contributed by atoms with Crippen LogP contribution in [0, 0.1) is 11.7 Å². The molecule has 2 aromatic carbocycles. The summed E-state index contributed by atoms with van der Waals surface area (Å²) in [5, 5.41) is 44.2. The van der Waals surface area contributed by atoms with E-state index in [1.165, 1.54) is 6.07 Å². The largest absolute Gasteiger partial charge is 0.508 e. The van der Waals surface area contributed by atoms with E-state index in [2.05, 4.69) is 16.8 Å². The Morgan fingerprint density at radius 3 is 2.16 bits per heavy atom. The summed E-state index contributed by atoms with van der Waals surface area (Å²) in [6.07, 6.45) is 0.0546. The molecule has 0 aliphatic carbocycles.